The zero-order chi connectivity index (χ0) is 20.2. The molecule has 5 nitrogen and oxygen atoms in total. The molecule has 0 saturated carbocycles. The molecule has 6 heteroatoms. The van der Waals surface area contributed by atoms with Gasteiger partial charge in [-0.3, -0.25) is 4.79 Å². The fraction of sp³-hybridized carbons (Fsp3) is 0.667. The van der Waals surface area contributed by atoms with Crippen LogP contribution in [-0.2, 0) is 25.3 Å². The zero-order valence-corrected chi connectivity index (χ0v) is 18.7. The molecule has 1 aromatic rings. The van der Waals surface area contributed by atoms with Crippen LogP contribution in [0.3, 0.4) is 0 Å². The van der Waals surface area contributed by atoms with E-state index in [-0.39, 0.29) is 35.9 Å². The Morgan fingerprint density at radius 2 is 1.78 bits per heavy atom. The van der Waals surface area contributed by atoms with Gasteiger partial charge in [-0.25, -0.2) is 0 Å². The Labute approximate surface area is 164 Å². The number of cyclic esters (lactones) is 1. The van der Waals surface area contributed by atoms with E-state index in [9.17, 15) is 4.79 Å². The predicted octanol–water partition coefficient (Wildman–Crippen LogP) is 4.27. The van der Waals surface area contributed by atoms with Crippen molar-refractivity contribution in [1.29, 1.82) is 0 Å². The highest BCUT2D eigenvalue weighted by atomic mass is 28.4. The van der Waals surface area contributed by atoms with Crippen LogP contribution in [-0.4, -0.2) is 40.2 Å². The number of carbonyl (C=O) groups excluding carboxylic acids is 1. The fourth-order valence-corrected chi connectivity index (χ4v) is 4.75. The van der Waals surface area contributed by atoms with Gasteiger partial charge < -0.3 is 18.6 Å². The van der Waals surface area contributed by atoms with Crippen molar-refractivity contribution in [3.8, 4) is 5.75 Å². The molecule has 0 N–H and O–H groups in total. The highest BCUT2D eigenvalue weighted by Gasteiger charge is 2.46. The third-order valence-corrected chi connectivity index (χ3v) is 5.99. The Kier molecular flexibility index (Phi) is 7.48. The summed E-state index contributed by atoms with van der Waals surface area (Å²) < 4.78 is 23.0. The second-order valence-electron chi connectivity index (χ2n) is 8.58. The molecule has 152 valence electrons. The lowest BCUT2D eigenvalue weighted by Crippen LogP contribution is -2.53. The van der Waals surface area contributed by atoms with Crippen molar-refractivity contribution in [1.82, 2.24) is 0 Å². The van der Waals surface area contributed by atoms with E-state index in [4.69, 9.17) is 18.6 Å². The van der Waals surface area contributed by atoms with E-state index in [1.165, 1.54) is 0 Å². The van der Waals surface area contributed by atoms with Gasteiger partial charge in [-0.05, 0) is 44.3 Å². The first kappa shape index (κ1) is 21.9. The SMILES string of the molecule is COc1ccc(COC[C@H](C)[C@H](O[Si](C)(C)C)[C@@H](C)[C@H]2OC(=O)[C@H]2C)cc1. The van der Waals surface area contributed by atoms with E-state index in [2.05, 4.69) is 33.5 Å². The number of ether oxygens (including phenoxy) is 3. The van der Waals surface area contributed by atoms with Crippen LogP contribution < -0.4 is 4.74 Å². The molecule has 1 fully saturated rings. The van der Waals surface area contributed by atoms with Crippen LogP contribution in [0.15, 0.2) is 24.3 Å². The van der Waals surface area contributed by atoms with Gasteiger partial charge in [-0.15, -0.1) is 0 Å². The van der Waals surface area contributed by atoms with E-state index < -0.39 is 8.32 Å². The molecule has 1 aliphatic rings. The Hall–Kier alpha value is -1.37. The van der Waals surface area contributed by atoms with Gasteiger partial charge in [0.05, 0.1) is 32.3 Å². The van der Waals surface area contributed by atoms with E-state index in [1.807, 2.05) is 31.2 Å². The zero-order valence-electron chi connectivity index (χ0n) is 17.7. The Bertz CT molecular complexity index is 610. The van der Waals surface area contributed by atoms with Gasteiger partial charge in [0.15, 0.2) is 8.32 Å². The number of hydrogen-bond acceptors (Lipinski definition) is 5. The lowest BCUT2D eigenvalue weighted by atomic mass is 9.81. The molecule has 0 spiro atoms. The van der Waals surface area contributed by atoms with Gasteiger partial charge in [0.25, 0.3) is 0 Å². The van der Waals surface area contributed by atoms with Crippen LogP contribution in [0.1, 0.15) is 26.3 Å². The monoisotopic (exact) mass is 394 g/mol. The van der Waals surface area contributed by atoms with Crippen LogP contribution in [0, 0.1) is 17.8 Å². The van der Waals surface area contributed by atoms with Crippen LogP contribution in [0.4, 0.5) is 0 Å². The number of rotatable bonds is 10. The fourth-order valence-electron chi connectivity index (χ4n) is 3.48. The van der Waals surface area contributed by atoms with Crippen molar-refractivity contribution in [3.63, 3.8) is 0 Å². The summed E-state index contributed by atoms with van der Waals surface area (Å²) in [5.74, 6) is 1.02. The number of esters is 1. The summed E-state index contributed by atoms with van der Waals surface area (Å²) in [6.07, 6.45) is -0.0593. The standard InChI is InChI=1S/C21H34O5Si/c1-14(12-24-13-17-8-10-18(23-4)11-9-17)19(26-27(5,6)7)15(2)20-16(3)21(22)25-20/h8-11,14-16,19-20H,12-13H2,1-7H3/t14-,15+,16-,19-,20+/m0/s1. The van der Waals surface area contributed by atoms with Crippen molar-refractivity contribution in [2.24, 2.45) is 17.8 Å². The lowest BCUT2D eigenvalue weighted by Gasteiger charge is -2.43. The minimum absolute atomic E-state index is 0.00749. The summed E-state index contributed by atoms with van der Waals surface area (Å²) in [7, 11) is -0.0830. The molecule has 1 aromatic carbocycles. The van der Waals surface area contributed by atoms with Gasteiger partial charge >= 0.3 is 5.97 Å². The van der Waals surface area contributed by atoms with Crippen LogP contribution >= 0.6 is 0 Å². The van der Waals surface area contributed by atoms with E-state index in [0.717, 1.165) is 11.3 Å². The number of methoxy groups -OCH3 is 1. The highest BCUT2D eigenvalue weighted by Crippen LogP contribution is 2.34. The Morgan fingerprint density at radius 1 is 1.15 bits per heavy atom. The molecule has 1 heterocycles. The van der Waals surface area contributed by atoms with E-state index >= 15 is 0 Å². The minimum atomic E-state index is -1.74. The van der Waals surface area contributed by atoms with Crippen LogP contribution in [0.2, 0.25) is 19.6 Å². The van der Waals surface area contributed by atoms with Gasteiger partial charge in [-0.1, -0.05) is 26.0 Å². The molecule has 0 amide bonds. The molecule has 0 aliphatic carbocycles. The smallest absolute Gasteiger partial charge is 0.312 e. The average Bonchev–Trinajstić information content (AvgIpc) is 2.63. The van der Waals surface area contributed by atoms with Crippen molar-refractivity contribution in [2.45, 2.75) is 59.2 Å². The first-order valence-electron chi connectivity index (χ1n) is 9.71. The molecule has 1 saturated heterocycles. The molecule has 0 unspecified atom stereocenters. The molecule has 5 atom stereocenters. The van der Waals surface area contributed by atoms with Crippen molar-refractivity contribution in [2.75, 3.05) is 13.7 Å². The van der Waals surface area contributed by atoms with Crippen LogP contribution in [0.25, 0.3) is 0 Å². The lowest BCUT2D eigenvalue weighted by molar-refractivity contribution is -0.194. The molecule has 0 radical (unpaired) electrons. The van der Waals surface area contributed by atoms with Gasteiger partial charge in [-0.2, -0.15) is 0 Å². The maximum atomic E-state index is 11.5. The molecule has 2 rings (SSSR count). The summed E-state index contributed by atoms with van der Waals surface area (Å²) in [4.78, 5) is 11.5. The normalized spacial score (nSPS) is 23.1. The molecule has 1 aliphatic heterocycles. The molecular formula is C21H34O5Si. The second-order valence-corrected chi connectivity index (χ2v) is 13.0. The maximum absolute atomic E-state index is 11.5. The first-order chi connectivity index (χ1) is 12.6. The summed E-state index contributed by atoms with van der Waals surface area (Å²) in [6, 6.07) is 7.90. The minimum Gasteiger partial charge on any atom is -0.497 e. The summed E-state index contributed by atoms with van der Waals surface area (Å²) >= 11 is 0. The Morgan fingerprint density at radius 3 is 2.26 bits per heavy atom. The summed E-state index contributed by atoms with van der Waals surface area (Å²) in [6.45, 7) is 13.9. The predicted molar refractivity (Wildman–Crippen MR) is 108 cm³/mol. The van der Waals surface area contributed by atoms with Gasteiger partial charge in [0.2, 0.25) is 0 Å². The topological polar surface area (TPSA) is 54.0 Å². The van der Waals surface area contributed by atoms with E-state index in [0.29, 0.717) is 13.2 Å². The molecule has 0 bridgehead atoms. The molecule has 27 heavy (non-hydrogen) atoms. The van der Waals surface area contributed by atoms with Crippen molar-refractivity contribution >= 4 is 14.3 Å². The Balaban J connectivity index is 1.93. The van der Waals surface area contributed by atoms with Crippen molar-refractivity contribution in [3.05, 3.63) is 29.8 Å². The molecular weight excluding hydrogens is 360 g/mol. The third kappa shape index (κ3) is 6.06. The van der Waals surface area contributed by atoms with Crippen molar-refractivity contribution < 1.29 is 23.4 Å². The van der Waals surface area contributed by atoms with E-state index in [1.54, 1.807) is 7.11 Å². The largest absolute Gasteiger partial charge is 0.497 e. The molecule has 0 aromatic heterocycles. The number of carbonyl (C=O) groups is 1. The maximum Gasteiger partial charge on any atom is 0.312 e. The number of hydrogen-bond donors (Lipinski definition) is 0. The summed E-state index contributed by atoms with van der Waals surface area (Å²) in [5.41, 5.74) is 1.11. The summed E-state index contributed by atoms with van der Waals surface area (Å²) in [5, 5.41) is 0. The van der Waals surface area contributed by atoms with Gasteiger partial charge in [0.1, 0.15) is 11.9 Å². The first-order valence-corrected chi connectivity index (χ1v) is 13.1. The number of benzene rings is 1. The average molecular weight is 395 g/mol. The second kappa shape index (κ2) is 9.21. The van der Waals surface area contributed by atoms with Gasteiger partial charge in [0, 0.05) is 11.8 Å². The van der Waals surface area contributed by atoms with Crippen LogP contribution in [0.5, 0.6) is 5.75 Å². The highest BCUT2D eigenvalue weighted by molar-refractivity contribution is 6.69. The quantitative estimate of drug-likeness (QED) is 0.438. The third-order valence-electron chi connectivity index (χ3n) is 5.01.